The Bertz CT molecular complexity index is 1580. The fraction of sp³-hybridized carbons (Fsp3) is 0.353. The third kappa shape index (κ3) is 7.74. The lowest BCUT2D eigenvalue weighted by molar-refractivity contribution is -0.143. The van der Waals surface area contributed by atoms with Crippen LogP contribution in [0.25, 0.3) is 10.9 Å². The molecule has 0 spiro atoms. The summed E-state index contributed by atoms with van der Waals surface area (Å²) < 4.78 is 24.5. The van der Waals surface area contributed by atoms with Crippen molar-refractivity contribution in [2.24, 2.45) is 0 Å². The molecule has 1 atom stereocenters. The van der Waals surface area contributed by atoms with Gasteiger partial charge in [0.1, 0.15) is 18.1 Å². The van der Waals surface area contributed by atoms with Crippen LogP contribution in [0.4, 0.5) is 0 Å². The molecule has 44 heavy (non-hydrogen) atoms. The number of hydrogen-bond donors (Lipinski definition) is 0. The fourth-order valence-electron chi connectivity index (χ4n) is 5.42. The minimum atomic E-state index is -0.352. The van der Waals surface area contributed by atoms with Gasteiger partial charge in [0.05, 0.1) is 37.9 Å². The van der Waals surface area contributed by atoms with E-state index in [1.165, 1.54) is 0 Å². The average Bonchev–Trinajstić information content (AvgIpc) is 3.27. The van der Waals surface area contributed by atoms with E-state index in [0.29, 0.717) is 47.2 Å². The molecule has 10 heteroatoms. The number of hydrogen-bond acceptors (Lipinski definition) is 7. The minimum Gasteiger partial charge on any atom is -0.497 e. The van der Waals surface area contributed by atoms with Gasteiger partial charge < -0.3 is 18.9 Å². The number of halogens is 2. The zero-order valence-corrected chi connectivity index (χ0v) is 27.0. The van der Waals surface area contributed by atoms with E-state index in [1.807, 2.05) is 57.2 Å². The molecule has 8 nitrogen and oxygen atoms in total. The Hall–Kier alpha value is -3.56. The summed E-state index contributed by atoms with van der Waals surface area (Å²) in [5.74, 6) is 0.925. The Morgan fingerprint density at radius 2 is 1.73 bits per heavy atom. The van der Waals surface area contributed by atoms with Crippen LogP contribution in [0.1, 0.15) is 47.1 Å². The lowest BCUT2D eigenvalue weighted by atomic mass is 10.1. The van der Waals surface area contributed by atoms with Crippen LogP contribution < -0.4 is 9.47 Å². The van der Waals surface area contributed by atoms with Crippen LogP contribution in [0, 0.1) is 6.92 Å². The van der Waals surface area contributed by atoms with Crippen LogP contribution in [0.5, 0.6) is 11.5 Å². The van der Waals surface area contributed by atoms with Crippen molar-refractivity contribution in [1.82, 2.24) is 9.47 Å². The molecule has 5 rings (SSSR count). The van der Waals surface area contributed by atoms with Gasteiger partial charge in [-0.1, -0.05) is 23.7 Å². The first-order valence-corrected chi connectivity index (χ1v) is 14.9. The molecule has 1 aromatic heterocycles. The highest BCUT2D eigenvalue weighted by Gasteiger charge is 2.24. The van der Waals surface area contributed by atoms with Crippen LogP contribution in [0.2, 0.25) is 5.02 Å². The van der Waals surface area contributed by atoms with Gasteiger partial charge in [0.25, 0.3) is 5.91 Å². The molecule has 0 bridgehead atoms. The molecular weight excluding hydrogens is 603 g/mol. The van der Waals surface area contributed by atoms with Crippen LogP contribution >= 0.6 is 24.0 Å². The molecule has 0 radical (unpaired) electrons. The van der Waals surface area contributed by atoms with Crippen LogP contribution in [-0.4, -0.2) is 67.4 Å². The molecule has 1 unspecified atom stereocenters. The SMILES string of the molecule is COc1ccc2c(c1)c(CC(=O)OCCN1CCOC(c3ccc(OC(C)C)cc3)C1)c(C)n2C(=O)c1ccc(Cl)cc1.Cl. The number of methoxy groups -OCH3 is 1. The lowest BCUT2D eigenvalue weighted by Gasteiger charge is -2.33. The van der Waals surface area contributed by atoms with Gasteiger partial charge in [-0.05, 0) is 86.5 Å². The van der Waals surface area contributed by atoms with Crippen molar-refractivity contribution in [3.05, 3.63) is 94.1 Å². The predicted octanol–water partition coefficient (Wildman–Crippen LogP) is 6.67. The Morgan fingerprint density at radius 1 is 1.02 bits per heavy atom. The van der Waals surface area contributed by atoms with Gasteiger partial charge in [-0.25, -0.2) is 0 Å². The second-order valence-corrected chi connectivity index (χ2v) is 11.3. The number of carbonyl (C=O) groups is 2. The molecule has 0 amide bonds. The Labute approximate surface area is 269 Å². The maximum Gasteiger partial charge on any atom is 0.310 e. The first kappa shape index (κ1) is 33.3. The summed E-state index contributed by atoms with van der Waals surface area (Å²) in [5.41, 5.74) is 3.70. The summed E-state index contributed by atoms with van der Waals surface area (Å²) >= 11 is 6.03. The number of carbonyl (C=O) groups excluding carboxylic acids is 2. The highest BCUT2D eigenvalue weighted by Crippen LogP contribution is 2.31. The molecule has 234 valence electrons. The maximum absolute atomic E-state index is 13.5. The van der Waals surface area contributed by atoms with Crippen molar-refractivity contribution < 1.29 is 28.5 Å². The van der Waals surface area contributed by atoms with Crippen LogP contribution in [-0.2, 0) is 20.7 Å². The zero-order chi connectivity index (χ0) is 30.5. The second kappa shape index (κ2) is 14.9. The molecular formula is C34H38Cl2N2O6. The summed E-state index contributed by atoms with van der Waals surface area (Å²) in [6.45, 7) is 8.79. The van der Waals surface area contributed by atoms with Gasteiger partial charge in [-0.3, -0.25) is 19.1 Å². The standard InChI is InChI=1S/C34H37ClN2O6.ClH/c1-22(2)43-27-11-7-24(8-12-27)32-21-36(15-17-41-32)16-18-42-33(38)20-29-23(3)37(31-14-13-28(40-4)19-30(29)31)34(39)25-5-9-26(35)10-6-25;/h5-14,19,22,32H,15-18,20-21H2,1-4H3;1H. The Kier molecular flexibility index (Phi) is 11.3. The van der Waals surface area contributed by atoms with Crippen molar-refractivity contribution in [3.63, 3.8) is 0 Å². The highest BCUT2D eigenvalue weighted by molar-refractivity contribution is 6.30. The van der Waals surface area contributed by atoms with Crippen molar-refractivity contribution in [2.75, 3.05) is 40.0 Å². The predicted molar refractivity (Wildman–Crippen MR) is 174 cm³/mol. The lowest BCUT2D eigenvalue weighted by Crippen LogP contribution is -2.40. The summed E-state index contributed by atoms with van der Waals surface area (Å²) in [6.07, 6.45) is 0.101. The maximum atomic E-state index is 13.5. The topological polar surface area (TPSA) is 79.2 Å². The van der Waals surface area contributed by atoms with Crippen LogP contribution in [0.3, 0.4) is 0 Å². The number of rotatable bonds is 10. The summed E-state index contributed by atoms with van der Waals surface area (Å²) in [4.78, 5) is 28.8. The van der Waals surface area contributed by atoms with E-state index in [0.717, 1.165) is 28.8 Å². The molecule has 1 aliphatic heterocycles. The van der Waals surface area contributed by atoms with E-state index in [-0.39, 0.29) is 49.5 Å². The molecule has 2 heterocycles. The Morgan fingerprint density at radius 3 is 2.41 bits per heavy atom. The summed E-state index contributed by atoms with van der Waals surface area (Å²) in [5, 5.41) is 1.33. The van der Waals surface area contributed by atoms with E-state index in [2.05, 4.69) is 4.90 Å². The van der Waals surface area contributed by atoms with E-state index in [9.17, 15) is 9.59 Å². The molecule has 1 saturated heterocycles. The van der Waals surface area contributed by atoms with Crippen molar-refractivity contribution in [1.29, 1.82) is 0 Å². The third-order valence-corrected chi connectivity index (χ3v) is 7.85. The molecule has 1 aliphatic rings. The molecule has 4 aromatic rings. The van der Waals surface area contributed by atoms with Gasteiger partial charge in [0.15, 0.2) is 0 Å². The van der Waals surface area contributed by atoms with Gasteiger partial charge in [0.2, 0.25) is 0 Å². The largest absolute Gasteiger partial charge is 0.497 e. The van der Waals surface area contributed by atoms with Crippen molar-refractivity contribution in [3.8, 4) is 11.5 Å². The van der Waals surface area contributed by atoms with Gasteiger partial charge >= 0.3 is 5.97 Å². The summed E-state index contributed by atoms with van der Waals surface area (Å²) in [7, 11) is 1.59. The van der Waals surface area contributed by atoms with E-state index in [1.54, 1.807) is 42.0 Å². The monoisotopic (exact) mass is 640 g/mol. The van der Waals surface area contributed by atoms with Gasteiger partial charge in [0, 0.05) is 41.3 Å². The number of ether oxygens (including phenoxy) is 4. The van der Waals surface area contributed by atoms with Crippen molar-refractivity contribution >= 4 is 46.8 Å². The summed E-state index contributed by atoms with van der Waals surface area (Å²) in [6, 6.07) is 20.3. The Balaban J connectivity index is 0.00000442. The van der Waals surface area contributed by atoms with E-state index in [4.69, 9.17) is 30.5 Å². The van der Waals surface area contributed by atoms with Gasteiger partial charge in [-0.15, -0.1) is 12.4 Å². The molecule has 0 saturated carbocycles. The molecule has 1 fully saturated rings. The molecule has 0 aliphatic carbocycles. The first-order chi connectivity index (χ1) is 20.7. The number of nitrogens with zero attached hydrogens (tertiary/aromatic N) is 2. The van der Waals surface area contributed by atoms with Crippen LogP contribution in [0.15, 0.2) is 66.7 Å². The molecule has 3 aromatic carbocycles. The first-order valence-electron chi connectivity index (χ1n) is 14.5. The smallest absolute Gasteiger partial charge is 0.310 e. The quantitative estimate of drug-likeness (QED) is 0.179. The normalized spacial score (nSPS) is 15.2. The second-order valence-electron chi connectivity index (χ2n) is 10.9. The average molecular weight is 642 g/mol. The third-order valence-electron chi connectivity index (χ3n) is 7.60. The van der Waals surface area contributed by atoms with Gasteiger partial charge in [-0.2, -0.15) is 0 Å². The number of fused-ring (bicyclic) bond motifs is 1. The van der Waals surface area contributed by atoms with E-state index < -0.39 is 0 Å². The molecule has 0 N–H and O–H groups in total. The number of morpholine rings is 1. The zero-order valence-electron chi connectivity index (χ0n) is 25.4. The number of aromatic nitrogens is 1. The minimum absolute atomic E-state index is 0. The van der Waals surface area contributed by atoms with E-state index >= 15 is 0 Å². The van der Waals surface area contributed by atoms with Crippen molar-refractivity contribution in [2.45, 2.75) is 39.4 Å². The number of esters is 1. The number of benzene rings is 3. The highest BCUT2D eigenvalue weighted by atomic mass is 35.5. The fourth-order valence-corrected chi connectivity index (χ4v) is 5.55.